The number of carbonyl (C=O) groups excluding carboxylic acids is 2. The summed E-state index contributed by atoms with van der Waals surface area (Å²) in [4.78, 5) is 26.7. The van der Waals surface area contributed by atoms with Crippen LogP contribution in [0.15, 0.2) is 72.9 Å². The fourth-order valence-corrected chi connectivity index (χ4v) is 11.4. The molecule has 0 aromatic carbocycles. The maximum atomic E-state index is 13.5. The molecule has 0 spiro atoms. The first kappa shape index (κ1) is 82.1. The van der Waals surface area contributed by atoms with Gasteiger partial charge < -0.3 is 45.1 Å². The zero-order chi connectivity index (χ0) is 63.1. The molecule has 0 saturated carbocycles. The maximum Gasteiger partial charge on any atom is 0.306 e. The van der Waals surface area contributed by atoms with E-state index in [1.807, 2.05) is 6.08 Å². The van der Waals surface area contributed by atoms with Crippen LogP contribution in [0.25, 0.3) is 0 Å². The third-order valence-electron chi connectivity index (χ3n) is 17.1. The van der Waals surface area contributed by atoms with Crippen LogP contribution in [0.3, 0.4) is 0 Å². The van der Waals surface area contributed by atoms with E-state index in [0.29, 0.717) is 19.3 Å². The Hall–Kier alpha value is -2.90. The molecule has 0 aromatic heterocycles. The van der Waals surface area contributed by atoms with Crippen molar-refractivity contribution in [3.8, 4) is 0 Å². The lowest BCUT2D eigenvalue weighted by atomic mass is 9.99. The molecule has 0 aromatic rings. The van der Waals surface area contributed by atoms with Crippen LogP contribution in [-0.2, 0) is 23.8 Å². The SMILES string of the molecule is CC/C=C\C/C=C\C/C=C\C/C=C\C/C=C\CCCCCCCCCCCC(=O)OC1C(OCC(NC(=O)C(O)CCCCCCCCCCCCCCCCCCCCCCCC)C(O)/C=C/CCCCCCCCCCC)OC(CO)C(O)C1O. The zero-order valence-electron chi connectivity index (χ0n) is 56.4. The lowest BCUT2D eigenvalue weighted by molar-refractivity contribution is -0.305. The number of aliphatic hydroxyl groups is 5. The summed E-state index contributed by atoms with van der Waals surface area (Å²) in [6.07, 6.45) is 72.3. The Morgan fingerprint density at radius 3 is 1.24 bits per heavy atom. The number of carbonyl (C=O) groups is 2. The maximum absolute atomic E-state index is 13.5. The molecule has 8 atom stereocenters. The minimum Gasteiger partial charge on any atom is -0.454 e. The lowest BCUT2D eigenvalue weighted by Gasteiger charge is -2.41. The van der Waals surface area contributed by atoms with Crippen molar-refractivity contribution in [1.29, 1.82) is 0 Å². The van der Waals surface area contributed by atoms with Gasteiger partial charge in [0.25, 0.3) is 0 Å². The zero-order valence-corrected chi connectivity index (χ0v) is 56.4. The highest BCUT2D eigenvalue weighted by atomic mass is 16.7. The minimum atomic E-state index is -1.62. The third kappa shape index (κ3) is 50.4. The summed E-state index contributed by atoms with van der Waals surface area (Å²) in [5, 5.41) is 57.3. The van der Waals surface area contributed by atoms with Crippen molar-refractivity contribution in [1.82, 2.24) is 5.32 Å². The van der Waals surface area contributed by atoms with E-state index in [1.54, 1.807) is 6.08 Å². The second kappa shape index (κ2) is 63.3. The Morgan fingerprint density at radius 1 is 0.460 bits per heavy atom. The van der Waals surface area contributed by atoms with Crippen molar-refractivity contribution in [2.75, 3.05) is 13.2 Å². The van der Waals surface area contributed by atoms with Crippen molar-refractivity contribution in [2.45, 2.75) is 384 Å². The Balaban J connectivity index is 2.53. The van der Waals surface area contributed by atoms with Crippen LogP contribution in [0.5, 0.6) is 0 Å². The van der Waals surface area contributed by atoms with Gasteiger partial charge >= 0.3 is 5.97 Å². The van der Waals surface area contributed by atoms with Crippen LogP contribution < -0.4 is 5.32 Å². The standard InChI is InChI=1S/C76H137NO10/c1-4-7-10-13-16-19-22-24-26-28-30-32-34-35-36-38-40-42-44-46-49-52-55-58-61-64-71(81)87-74-73(83)72(82)70(65-78)86-76(74)85-66-67(68(79)62-59-56-53-50-47-21-18-15-12-9-6-3)77-75(84)69(80)63-60-57-54-51-48-45-43-41-39-37-33-31-29-27-25-23-20-17-14-11-8-5-2/h7,10,16,19,24,26,30,32,35-36,59,62,67-70,72-74,76,78-80,82-83H,4-6,8-9,11-15,17-18,20-23,25,27-29,31,33-34,37-58,60-61,63-66H2,1-3H3,(H,77,84)/b10-7-,19-16-,26-24-,32-30-,36-35-,62-59+. The molecule has 1 aliphatic heterocycles. The lowest BCUT2D eigenvalue weighted by Crippen LogP contribution is -2.61. The largest absolute Gasteiger partial charge is 0.454 e. The molecule has 8 unspecified atom stereocenters. The van der Waals surface area contributed by atoms with E-state index in [-0.39, 0.29) is 13.0 Å². The van der Waals surface area contributed by atoms with Crippen molar-refractivity contribution >= 4 is 11.9 Å². The summed E-state index contributed by atoms with van der Waals surface area (Å²) in [5.74, 6) is -1.19. The minimum absolute atomic E-state index is 0.115. The fourth-order valence-electron chi connectivity index (χ4n) is 11.4. The van der Waals surface area contributed by atoms with Gasteiger partial charge in [0.2, 0.25) is 5.91 Å². The number of unbranched alkanes of at least 4 members (excludes halogenated alkanes) is 39. The van der Waals surface area contributed by atoms with Gasteiger partial charge in [0.05, 0.1) is 25.4 Å². The number of esters is 1. The molecule has 11 nitrogen and oxygen atoms in total. The van der Waals surface area contributed by atoms with E-state index in [1.165, 1.54) is 186 Å². The molecule has 0 bridgehead atoms. The number of rotatable bonds is 63. The number of amides is 1. The van der Waals surface area contributed by atoms with Crippen molar-refractivity contribution in [3.05, 3.63) is 72.9 Å². The summed E-state index contributed by atoms with van der Waals surface area (Å²) >= 11 is 0. The van der Waals surface area contributed by atoms with Gasteiger partial charge in [0, 0.05) is 6.42 Å². The highest BCUT2D eigenvalue weighted by Gasteiger charge is 2.47. The van der Waals surface area contributed by atoms with Crippen LogP contribution in [0.1, 0.15) is 335 Å². The van der Waals surface area contributed by atoms with Gasteiger partial charge in [0.15, 0.2) is 12.4 Å². The molecule has 506 valence electrons. The van der Waals surface area contributed by atoms with Gasteiger partial charge in [-0.25, -0.2) is 0 Å². The number of aliphatic hydroxyl groups excluding tert-OH is 5. The van der Waals surface area contributed by atoms with E-state index in [9.17, 15) is 35.1 Å². The predicted molar refractivity (Wildman–Crippen MR) is 366 cm³/mol. The molecule has 11 heteroatoms. The number of hydrogen-bond donors (Lipinski definition) is 6. The third-order valence-corrected chi connectivity index (χ3v) is 17.1. The van der Waals surface area contributed by atoms with E-state index in [0.717, 1.165) is 103 Å². The number of allylic oxidation sites excluding steroid dienone is 11. The molecule has 1 saturated heterocycles. The summed E-state index contributed by atoms with van der Waals surface area (Å²) in [6.45, 7) is 5.71. The first-order valence-electron chi connectivity index (χ1n) is 36.7. The van der Waals surface area contributed by atoms with Crippen molar-refractivity contribution in [3.63, 3.8) is 0 Å². The monoisotopic (exact) mass is 1220 g/mol. The van der Waals surface area contributed by atoms with Crippen LogP contribution in [0.2, 0.25) is 0 Å². The summed E-state index contributed by atoms with van der Waals surface area (Å²) < 4.78 is 17.7. The normalized spacial score (nSPS) is 18.6. The molecule has 1 amide bonds. The first-order chi connectivity index (χ1) is 42.7. The van der Waals surface area contributed by atoms with Gasteiger partial charge in [-0.3, -0.25) is 9.59 Å². The Kier molecular flexibility index (Phi) is 59.7. The fraction of sp³-hybridized carbons (Fsp3) is 0.816. The molecular formula is C76H137NO10. The quantitative estimate of drug-likeness (QED) is 0.0195. The molecule has 6 N–H and O–H groups in total. The van der Waals surface area contributed by atoms with Gasteiger partial charge in [-0.2, -0.15) is 0 Å². The molecular weight excluding hydrogens is 1090 g/mol. The summed E-state index contributed by atoms with van der Waals surface area (Å²) in [5.41, 5.74) is 0. The Labute approximate surface area is 534 Å². The number of nitrogens with one attached hydrogen (secondary N) is 1. The highest BCUT2D eigenvalue weighted by Crippen LogP contribution is 2.26. The number of ether oxygens (including phenoxy) is 3. The molecule has 87 heavy (non-hydrogen) atoms. The highest BCUT2D eigenvalue weighted by molar-refractivity contribution is 5.80. The summed E-state index contributed by atoms with van der Waals surface area (Å²) in [7, 11) is 0. The molecule has 1 fully saturated rings. The average molecular weight is 1220 g/mol. The second-order valence-electron chi connectivity index (χ2n) is 25.3. The average Bonchev–Trinajstić information content (AvgIpc) is 3.12. The van der Waals surface area contributed by atoms with E-state index in [4.69, 9.17) is 14.2 Å². The second-order valence-corrected chi connectivity index (χ2v) is 25.3. The number of hydrogen-bond acceptors (Lipinski definition) is 10. The topological polar surface area (TPSA) is 175 Å². The van der Waals surface area contributed by atoms with E-state index >= 15 is 0 Å². The molecule has 1 heterocycles. The van der Waals surface area contributed by atoms with Gasteiger partial charge in [-0.15, -0.1) is 0 Å². The van der Waals surface area contributed by atoms with E-state index in [2.05, 4.69) is 86.8 Å². The molecule has 1 aliphatic rings. The summed E-state index contributed by atoms with van der Waals surface area (Å²) in [6, 6.07) is -1.03. The smallest absolute Gasteiger partial charge is 0.306 e. The van der Waals surface area contributed by atoms with Crippen molar-refractivity contribution < 1.29 is 49.3 Å². The Morgan fingerprint density at radius 2 is 0.828 bits per heavy atom. The van der Waals surface area contributed by atoms with Crippen LogP contribution in [-0.4, -0.2) is 99.6 Å². The van der Waals surface area contributed by atoms with Gasteiger partial charge in [0.1, 0.15) is 24.4 Å². The van der Waals surface area contributed by atoms with Crippen LogP contribution >= 0.6 is 0 Å². The van der Waals surface area contributed by atoms with E-state index < -0.39 is 67.4 Å². The first-order valence-corrected chi connectivity index (χ1v) is 36.7. The van der Waals surface area contributed by atoms with Crippen LogP contribution in [0, 0.1) is 0 Å². The molecule has 0 aliphatic carbocycles. The van der Waals surface area contributed by atoms with Gasteiger partial charge in [-0.05, 0) is 70.6 Å². The predicted octanol–water partition coefficient (Wildman–Crippen LogP) is 19.1. The Bertz CT molecular complexity index is 1690. The molecule has 1 rings (SSSR count). The van der Waals surface area contributed by atoms with Crippen molar-refractivity contribution in [2.24, 2.45) is 0 Å². The van der Waals surface area contributed by atoms with Gasteiger partial charge in [-0.1, -0.05) is 331 Å². The molecule has 0 radical (unpaired) electrons. The van der Waals surface area contributed by atoms with Crippen LogP contribution in [0.4, 0.5) is 0 Å².